The Morgan fingerprint density at radius 2 is 0.957 bits per heavy atom. The summed E-state index contributed by atoms with van der Waals surface area (Å²) in [6.45, 7) is 14.5. The molecule has 0 aliphatic rings. The van der Waals surface area contributed by atoms with Gasteiger partial charge < -0.3 is 0 Å². The number of hydrogen-bond donors (Lipinski definition) is 0. The molecular weight excluding hydrogens is 613 g/mol. The lowest BCUT2D eigenvalue weighted by Gasteiger charge is -2.13. The average molecular weight is 643 g/mol. The van der Waals surface area contributed by atoms with Crippen molar-refractivity contribution in [3.63, 3.8) is 0 Å². The molecule has 0 fully saturated rings. The minimum atomic E-state index is 1.15. The van der Waals surface area contributed by atoms with Crippen molar-refractivity contribution in [3.8, 4) is 33.4 Å². The van der Waals surface area contributed by atoms with Crippen LogP contribution in [0, 0.1) is 0 Å². The molecule has 0 aliphatic heterocycles. The molecule has 3 heterocycles. The van der Waals surface area contributed by atoms with Gasteiger partial charge in [-0.05, 0) is 81.8 Å². The Morgan fingerprint density at radius 1 is 0.478 bits per heavy atom. The van der Waals surface area contributed by atoms with E-state index < -0.39 is 0 Å². The Hall–Kier alpha value is -4.80. The Kier molecular flexibility index (Phi) is 7.18. The Balaban J connectivity index is 1.45. The van der Waals surface area contributed by atoms with Crippen LogP contribution in [0.15, 0.2) is 123 Å². The molecule has 0 saturated carbocycles. The predicted octanol–water partition coefficient (Wildman–Crippen LogP) is 14.4. The van der Waals surface area contributed by atoms with E-state index in [1.165, 1.54) is 84.2 Å². The summed E-state index contributed by atoms with van der Waals surface area (Å²) in [7, 11) is 0. The monoisotopic (exact) mass is 642 g/mol. The number of benzene rings is 5. The van der Waals surface area contributed by atoms with E-state index in [-0.39, 0.29) is 0 Å². The molecule has 0 nitrogen and oxygen atoms in total. The first-order valence-corrected chi connectivity index (χ1v) is 17.8. The molecule has 0 bridgehead atoms. The number of allylic oxidation sites excluding steroid dienone is 1. The quantitative estimate of drug-likeness (QED) is 0.162. The van der Waals surface area contributed by atoms with Gasteiger partial charge in [-0.1, -0.05) is 117 Å². The van der Waals surface area contributed by atoms with E-state index in [9.17, 15) is 0 Å². The topological polar surface area (TPSA) is 0 Å². The summed E-state index contributed by atoms with van der Waals surface area (Å²) in [4.78, 5) is 2.39. The number of hydrogen-bond acceptors (Lipinski definition) is 3. The van der Waals surface area contributed by atoms with E-state index in [1.54, 1.807) is 11.3 Å². The Morgan fingerprint density at radius 3 is 1.50 bits per heavy atom. The van der Waals surface area contributed by atoms with Gasteiger partial charge in [0.25, 0.3) is 0 Å². The van der Waals surface area contributed by atoms with E-state index in [2.05, 4.69) is 136 Å². The molecular formula is C43H30S3. The van der Waals surface area contributed by atoms with Crippen LogP contribution in [0.1, 0.15) is 27.8 Å². The van der Waals surface area contributed by atoms with Crippen LogP contribution in [-0.2, 0) is 0 Å². The highest BCUT2D eigenvalue weighted by Gasteiger charge is 2.18. The normalized spacial score (nSPS) is 11.8. The van der Waals surface area contributed by atoms with Crippen molar-refractivity contribution in [2.45, 2.75) is 6.92 Å². The van der Waals surface area contributed by atoms with Gasteiger partial charge in [-0.2, -0.15) is 0 Å². The molecule has 0 aliphatic carbocycles. The third-order valence-corrected chi connectivity index (χ3v) is 12.4. The van der Waals surface area contributed by atoms with Crippen molar-refractivity contribution in [2.24, 2.45) is 0 Å². The van der Waals surface area contributed by atoms with E-state index in [0.29, 0.717) is 0 Å². The third-order valence-electron chi connectivity index (χ3n) is 8.75. The van der Waals surface area contributed by atoms with Gasteiger partial charge >= 0.3 is 0 Å². The summed E-state index contributed by atoms with van der Waals surface area (Å²) in [6, 6.07) is 35.9. The van der Waals surface area contributed by atoms with E-state index in [4.69, 9.17) is 0 Å². The van der Waals surface area contributed by atoms with Crippen LogP contribution in [0.4, 0.5) is 0 Å². The van der Waals surface area contributed by atoms with Gasteiger partial charge in [-0.15, -0.1) is 34.0 Å². The van der Waals surface area contributed by atoms with Crippen LogP contribution in [0.2, 0.25) is 0 Å². The largest absolute Gasteiger partial charge is 0.135 e. The molecule has 0 N–H and O–H groups in total. The molecule has 0 saturated heterocycles. The molecule has 8 aromatic rings. The molecule has 8 rings (SSSR count). The Labute approximate surface area is 281 Å². The highest BCUT2D eigenvalue weighted by atomic mass is 32.1. The van der Waals surface area contributed by atoms with Crippen LogP contribution in [-0.4, -0.2) is 0 Å². The number of rotatable bonds is 7. The smallest absolute Gasteiger partial charge is 0.0433 e. The highest BCUT2D eigenvalue weighted by molar-refractivity contribution is 7.26. The highest BCUT2D eigenvalue weighted by Crippen LogP contribution is 2.46. The minimum absolute atomic E-state index is 1.15. The molecule has 5 aromatic carbocycles. The van der Waals surface area contributed by atoms with Crippen molar-refractivity contribution in [2.75, 3.05) is 0 Å². The second kappa shape index (κ2) is 11.5. The SMILES string of the molecule is C=Cc1sc2c(-c3cc(-c4cccc5c(C=C)c(/C=C\C)sc45)cc(-c4cccc5c4sc4ccccc45)c3)cccc2c1C=C. The molecule has 46 heavy (non-hydrogen) atoms. The summed E-state index contributed by atoms with van der Waals surface area (Å²) in [5.41, 5.74) is 9.71. The first kappa shape index (κ1) is 28.7. The summed E-state index contributed by atoms with van der Waals surface area (Å²) in [5, 5.41) is 5.09. The van der Waals surface area contributed by atoms with Gasteiger partial charge in [0.1, 0.15) is 0 Å². The van der Waals surface area contributed by atoms with Gasteiger partial charge in [0.05, 0.1) is 0 Å². The zero-order valence-corrected chi connectivity index (χ0v) is 27.9. The molecule has 3 heteroatoms. The van der Waals surface area contributed by atoms with Gasteiger partial charge in [-0.3, -0.25) is 0 Å². The lowest BCUT2D eigenvalue weighted by molar-refractivity contribution is 1.63. The van der Waals surface area contributed by atoms with Crippen molar-refractivity contribution in [1.29, 1.82) is 0 Å². The van der Waals surface area contributed by atoms with Crippen molar-refractivity contribution < 1.29 is 0 Å². The predicted molar refractivity (Wildman–Crippen MR) is 211 cm³/mol. The zero-order chi connectivity index (χ0) is 31.4. The molecule has 3 aromatic heterocycles. The summed E-state index contributed by atoms with van der Waals surface area (Å²) in [6.07, 6.45) is 10.2. The second-order valence-corrected chi connectivity index (χ2v) is 14.5. The van der Waals surface area contributed by atoms with Crippen molar-refractivity contribution in [3.05, 3.63) is 144 Å². The first-order chi connectivity index (χ1) is 22.6. The fourth-order valence-electron chi connectivity index (χ4n) is 6.68. The van der Waals surface area contributed by atoms with E-state index >= 15 is 0 Å². The van der Waals surface area contributed by atoms with E-state index in [1.807, 2.05) is 40.9 Å². The summed E-state index contributed by atoms with van der Waals surface area (Å²) < 4.78 is 5.18. The fourth-order valence-corrected chi connectivity index (χ4v) is 10.4. The van der Waals surface area contributed by atoms with Crippen LogP contribution in [0.3, 0.4) is 0 Å². The zero-order valence-electron chi connectivity index (χ0n) is 25.5. The maximum atomic E-state index is 4.17. The van der Waals surface area contributed by atoms with Gasteiger partial charge in [0.2, 0.25) is 0 Å². The summed E-state index contributed by atoms with van der Waals surface area (Å²) >= 11 is 5.51. The first-order valence-electron chi connectivity index (χ1n) is 15.3. The number of fused-ring (bicyclic) bond motifs is 5. The Bertz CT molecular complexity index is 2540. The second-order valence-electron chi connectivity index (χ2n) is 11.3. The van der Waals surface area contributed by atoms with Crippen molar-refractivity contribution >= 4 is 98.7 Å². The van der Waals surface area contributed by atoms with Crippen molar-refractivity contribution in [1.82, 2.24) is 0 Å². The third kappa shape index (κ3) is 4.46. The molecule has 0 atom stereocenters. The lowest BCUT2D eigenvalue weighted by Crippen LogP contribution is -1.87. The molecule has 0 amide bonds. The molecule has 0 radical (unpaired) electrons. The molecule has 0 spiro atoms. The van der Waals surface area contributed by atoms with Crippen LogP contribution in [0.25, 0.3) is 98.0 Å². The summed E-state index contributed by atoms with van der Waals surface area (Å²) in [5.74, 6) is 0. The molecule has 0 unspecified atom stereocenters. The molecule has 220 valence electrons. The van der Waals surface area contributed by atoms with Gasteiger partial charge in [0, 0.05) is 50.1 Å². The van der Waals surface area contributed by atoms with Gasteiger partial charge in [0.15, 0.2) is 0 Å². The van der Waals surface area contributed by atoms with Gasteiger partial charge in [-0.25, -0.2) is 0 Å². The maximum Gasteiger partial charge on any atom is 0.0433 e. The van der Waals surface area contributed by atoms with Crippen LogP contribution in [0.5, 0.6) is 0 Å². The average Bonchev–Trinajstić information content (AvgIpc) is 3.78. The van der Waals surface area contributed by atoms with E-state index in [0.717, 1.165) is 10.4 Å². The minimum Gasteiger partial charge on any atom is -0.135 e. The van der Waals surface area contributed by atoms with Crippen LogP contribution < -0.4 is 0 Å². The standard InChI is InChI=1S/C43H30S3/c1-5-14-39-30(7-3)36-20-12-17-32(42(36)45-39)27-23-26(31-16-11-19-35-29(6-2)38(8-4)44-41(31)35)24-28(25-27)33-18-13-21-37-34-15-9-10-22-40(34)46-43(33)37/h5-25H,2-4H2,1H3/b14-5-. The maximum absolute atomic E-state index is 4.17. The van der Waals surface area contributed by atoms with Crippen LogP contribution >= 0.6 is 34.0 Å². The lowest BCUT2D eigenvalue weighted by atomic mass is 9.91. The number of thiophene rings is 3. The fraction of sp³-hybridized carbons (Fsp3) is 0.0233.